The highest BCUT2D eigenvalue weighted by atomic mass is 19.1. The fourth-order valence-electron chi connectivity index (χ4n) is 2.85. The Morgan fingerprint density at radius 3 is 2.50 bits per heavy atom. The Balaban J connectivity index is 2.10. The van der Waals surface area contributed by atoms with Crippen molar-refractivity contribution in [2.24, 2.45) is 5.73 Å². The van der Waals surface area contributed by atoms with E-state index in [1.165, 1.54) is 30.9 Å². The van der Waals surface area contributed by atoms with Crippen molar-refractivity contribution in [2.75, 3.05) is 0 Å². The van der Waals surface area contributed by atoms with Crippen LogP contribution in [0, 0.1) is 5.82 Å². The zero-order valence-electron chi connectivity index (χ0n) is 11.8. The molecule has 1 aliphatic carbocycles. The van der Waals surface area contributed by atoms with Gasteiger partial charge in [0.2, 0.25) is 0 Å². The molecule has 1 fully saturated rings. The monoisotopic (exact) mass is 269 g/mol. The van der Waals surface area contributed by atoms with E-state index in [1.807, 2.05) is 31.2 Å². The maximum absolute atomic E-state index is 14.2. The lowest BCUT2D eigenvalue weighted by Crippen LogP contribution is -2.10. The van der Waals surface area contributed by atoms with Gasteiger partial charge >= 0.3 is 0 Å². The molecule has 1 unspecified atom stereocenters. The van der Waals surface area contributed by atoms with E-state index in [1.54, 1.807) is 6.07 Å². The van der Waals surface area contributed by atoms with E-state index in [9.17, 15) is 4.39 Å². The molecule has 0 aliphatic heterocycles. The first-order valence-corrected chi connectivity index (χ1v) is 7.31. The summed E-state index contributed by atoms with van der Waals surface area (Å²) in [6.07, 6.45) is 3.71. The molecule has 3 rings (SSSR count). The minimum absolute atomic E-state index is 0.0785. The number of hydrogen-bond acceptors (Lipinski definition) is 1. The molecule has 2 heteroatoms. The highest BCUT2D eigenvalue weighted by Gasteiger charge is 2.23. The highest BCUT2D eigenvalue weighted by Crippen LogP contribution is 2.41. The minimum Gasteiger partial charge on any atom is -0.324 e. The summed E-state index contributed by atoms with van der Waals surface area (Å²) in [5, 5.41) is 0. The Bertz CT molecular complexity index is 615. The van der Waals surface area contributed by atoms with E-state index < -0.39 is 0 Å². The number of halogens is 1. The van der Waals surface area contributed by atoms with Gasteiger partial charge in [0.15, 0.2) is 0 Å². The topological polar surface area (TPSA) is 26.0 Å². The number of rotatable bonds is 3. The molecule has 0 saturated heterocycles. The molecule has 2 aromatic carbocycles. The third-order valence-corrected chi connectivity index (χ3v) is 4.31. The van der Waals surface area contributed by atoms with Crippen molar-refractivity contribution < 1.29 is 4.39 Å². The lowest BCUT2D eigenvalue weighted by atomic mass is 9.77. The smallest absolute Gasteiger partial charge is 0.131 e. The maximum atomic E-state index is 14.2. The molecule has 1 saturated carbocycles. The number of hydrogen-bond donors (Lipinski definition) is 1. The van der Waals surface area contributed by atoms with E-state index in [0.717, 1.165) is 11.1 Å². The first kappa shape index (κ1) is 13.3. The van der Waals surface area contributed by atoms with Gasteiger partial charge in [0, 0.05) is 11.6 Å². The van der Waals surface area contributed by atoms with Crippen LogP contribution in [-0.2, 0) is 0 Å². The lowest BCUT2D eigenvalue weighted by molar-refractivity contribution is 0.420. The Morgan fingerprint density at radius 1 is 1.10 bits per heavy atom. The summed E-state index contributed by atoms with van der Waals surface area (Å²) in [6.45, 7) is 1.93. The van der Waals surface area contributed by atoms with E-state index >= 15 is 0 Å². The second-order valence-corrected chi connectivity index (χ2v) is 5.74. The molecular formula is C18H20FN. The molecule has 0 radical (unpaired) electrons. The number of nitrogens with two attached hydrogens (primary N) is 1. The second-order valence-electron chi connectivity index (χ2n) is 5.74. The zero-order valence-corrected chi connectivity index (χ0v) is 11.8. The van der Waals surface area contributed by atoms with Crippen LogP contribution >= 0.6 is 0 Å². The summed E-state index contributed by atoms with van der Waals surface area (Å²) >= 11 is 0. The van der Waals surface area contributed by atoms with Gasteiger partial charge in [0.1, 0.15) is 5.82 Å². The van der Waals surface area contributed by atoms with Gasteiger partial charge in [-0.25, -0.2) is 4.39 Å². The molecule has 0 heterocycles. The molecule has 1 aliphatic rings. The average molecular weight is 269 g/mol. The average Bonchev–Trinajstić information content (AvgIpc) is 2.38. The van der Waals surface area contributed by atoms with Gasteiger partial charge in [0.05, 0.1) is 0 Å². The van der Waals surface area contributed by atoms with Crippen LogP contribution in [-0.4, -0.2) is 0 Å². The van der Waals surface area contributed by atoms with Crippen LogP contribution in [0.15, 0.2) is 42.5 Å². The van der Waals surface area contributed by atoms with Crippen molar-refractivity contribution >= 4 is 0 Å². The molecule has 1 atom stereocenters. The van der Waals surface area contributed by atoms with Crippen LogP contribution < -0.4 is 5.73 Å². The minimum atomic E-state index is -0.166. The van der Waals surface area contributed by atoms with Crippen molar-refractivity contribution in [3.05, 3.63) is 59.4 Å². The van der Waals surface area contributed by atoms with E-state index in [0.29, 0.717) is 11.5 Å². The van der Waals surface area contributed by atoms with Crippen molar-refractivity contribution in [3.8, 4) is 11.1 Å². The van der Waals surface area contributed by atoms with Gasteiger partial charge < -0.3 is 5.73 Å². The van der Waals surface area contributed by atoms with Crippen LogP contribution in [0.3, 0.4) is 0 Å². The lowest BCUT2D eigenvalue weighted by Gasteiger charge is -2.28. The van der Waals surface area contributed by atoms with Crippen LogP contribution in [0.1, 0.15) is 49.3 Å². The summed E-state index contributed by atoms with van der Waals surface area (Å²) < 4.78 is 14.2. The third-order valence-electron chi connectivity index (χ3n) is 4.31. The summed E-state index contributed by atoms with van der Waals surface area (Å²) in [5.41, 5.74) is 9.89. The molecule has 2 N–H and O–H groups in total. The largest absolute Gasteiger partial charge is 0.324 e. The van der Waals surface area contributed by atoms with Crippen LogP contribution in [0.4, 0.5) is 4.39 Å². The predicted octanol–water partition coefficient (Wildman–Crippen LogP) is 4.78. The zero-order chi connectivity index (χ0) is 14.1. The van der Waals surface area contributed by atoms with Crippen LogP contribution in [0.5, 0.6) is 0 Å². The van der Waals surface area contributed by atoms with Crippen molar-refractivity contribution in [1.82, 2.24) is 0 Å². The Labute approximate surface area is 119 Å². The normalized spacial score (nSPS) is 16.8. The standard InChI is InChI=1S/C18H20FN/c1-12(20)14-9-10-18(19)17(11-14)16-8-3-2-7-15(16)13-5-4-6-13/h2-3,7-13H,4-6,20H2,1H3. The fraction of sp³-hybridized carbons (Fsp3) is 0.333. The van der Waals surface area contributed by atoms with E-state index in [4.69, 9.17) is 5.73 Å². The Kier molecular flexibility index (Phi) is 3.58. The number of benzene rings is 2. The first-order valence-electron chi connectivity index (χ1n) is 7.31. The maximum Gasteiger partial charge on any atom is 0.131 e. The van der Waals surface area contributed by atoms with Gasteiger partial charge in [-0.05, 0) is 54.5 Å². The summed E-state index contributed by atoms with van der Waals surface area (Å²) in [5.74, 6) is 0.422. The van der Waals surface area contributed by atoms with E-state index in [2.05, 4.69) is 6.07 Å². The summed E-state index contributed by atoms with van der Waals surface area (Å²) in [4.78, 5) is 0. The second kappa shape index (κ2) is 5.37. The van der Waals surface area contributed by atoms with Crippen molar-refractivity contribution in [1.29, 1.82) is 0 Å². The first-order chi connectivity index (χ1) is 9.66. The van der Waals surface area contributed by atoms with Gasteiger partial charge in [-0.2, -0.15) is 0 Å². The molecule has 2 aromatic rings. The summed E-state index contributed by atoms with van der Waals surface area (Å²) in [7, 11) is 0. The van der Waals surface area contributed by atoms with Crippen LogP contribution in [0.25, 0.3) is 11.1 Å². The predicted molar refractivity (Wildman–Crippen MR) is 81.0 cm³/mol. The van der Waals surface area contributed by atoms with Gasteiger partial charge in [-0.15, -0.1) is 0 Å². The fourth-order valence-corrected chi connectivity index (χ4v) is 2.85. The molecule has 0 aromatic heterocycles. The molecule has 0 spiro atoms. The molecule has 0 bridgehead atoms. The van der Waals surface area contributed by atoms with Gasteiger partial charge in [-0.1, -0.05) is 36.8 Å². The molecule has 20 heavy (non-hydrogen) atoms. The quantitative estimate of drug-likeness (QED) is 0.852. The molecule has 1 nitrogen and oxygen atoms in total. The van der Waals surface area contributed by atoms with Crippen LogP contribution in [0.2, 0.25) is 0 Å². The molecular weight excluding hydrogens is 249 g/mol. The molecule has 104 valence electrons. The van der Waals surface area contributed by atoms with Crippen molar-refractivity contribution in [2.45, 2.75) is 38.1 Å². The molecule has 0 amide bonds. The van der Waals surface area contributed by atoms with Gasteiger partial charge in [0.25, 0.3) is 0 Å². The summed E-state index contributed by atoms with van der Waals surface area (Å²) in [6, 6.07) is 13.3. The Hall–Kier alpha value is -1.67. The van der Waals surface area contributed by atoms with Gasteiger partial charge in [-0.3, -0.25) is 0 Å². The van der Waals surface area contributed by atoms with E-state index in [-0.39, 0.29) is 11.9 Å². The highest BCUT2D eigenvalue weighted by molar-refractivity contribution is 5.69. The Morgan fingerprint density at radius 2 is 1.85 bits per heavy atom. The van der Waals surface area contributed by atoms with Crippen molar-refractivity contribution in [3.63, 3.8) is 0 Å². The third kappa shape index (κ3) is 2.36. The SMILES string of the molecule is CC(N)c1ccc(F)c(-c2ccccc2C2CCC2)c1.